The molecule has 1 aliphatic heterocycles. The average molecular weight is 578 g/mol. The summed E-state index contributed by atoms with van der Waals surface area (Å²) in [4.78, 5) is 14.1. The largest absolute Gasteiger partial charge is 0.496 e. The van der Waals surface area contributed by atoms with Crippen molar-refractivity contribution in [2.45, 2.75) is 52.1 Å². The summed E-state index contributed by atoms with van der Waals surface area (Å²) < 4.78 is 17.6. The molecular weight excluding hydrogens is 546 g/mol. The van der Waals surface area contributed by atoms with E-state index in [0.717, 1.165) is 11.1 Å². The first-order valence-electron chi connectivity index (χ1n) is 12.0. The highest BCUT2D eigenvalue weighted by atomic mass is 32.1. The molecule has 1 aliphatic rings. The fraction of sp³-hybridized carbons (Fsp3) is 0.385. The minimum atomic E-state index is -3.73. The molecule has 0 atom stereocenters. The molecule has 6 N–H and O–H groups in total. The van der Waals surface area contributed by atoms with Gasteiger partial charge in [-0.3, -0.25) is 9.69 Å². The average Bonchev–Trinajstić information content (AvgIpc) is 3.48. The Morgan fingerprint density at radius 3 is 2.45 bits per heavy atom. The number of rotatable bonds is 9. The van der Waals surface area contributed by atoms with Gasteiger partial charge in [-0.15, -0.1) is 0 Å². The van der Waals surface area contributed by atoms with Crippen LogP contribution in [0.2, 0.25) is 0 Å². The van der Waals surface area contributed by atoms with E-state index < -0.39 is 30.3 Å². The van der Waals surface area contributed by atoms with Gasteiger partial charge in [0.25, 0.3) is 5.91 Å². The molecule has 3 heterocycles. The van der Waals surface area contributed by atoms with E-state index >= 15 is 0 Å². The zero-order valence-corrected chi connectivity index (χ0v) is 23.3. The van der Waals surface area contributed by atoms with Crippen LogP contribution in [0.15, 0.2) is 34.5 Å². The van der Waals surface area contributed by atoms with Gasteiger partial charge in [0.1, 0.15) is 18.1 Å². The van der Waals surface area contributed by atoms with Crippen LogP contribution >= 0.6 is 11.3 Å². The second-order valence-corrected chi connectivity index (χ2v) is 10.9. The third-order valence-corrected chi connectivity index (χ3v) is 6.74. The van der Waals surface area contributed by atoms with Crippen LogP contribution in [0.1, 0.15) is 49.3 Å². The molecule has 0 spiro atoms. The van der Waals surface area contributed by atoms with Crippen molar-refractivity contribution in [1.29, 1.82) is 0 Å². The van der Waals surface area contributed by atoms with Crippen molar-refractivity contribution >= 4 is 23.3 Å². The highest BCUT2D eigenvalue weighted by Crippen LogP contribution is 2.44. The Labute approximate surface area is 233 Å². The van der Waals surface area contributed by atoms with E-state index in [-0.39, 0.29) is 17.2 Å². The van der Waals surface area contributed by atoms with E-state index in [9.17, 15) is 20.1 Å². The van der Waals surface area contributed by atoms with Crippen LogP contribution < -0.4 is 9.47 Å². The Kier molecular flexibility index (Phi) is 7.83. The van der Waals surface area contributed by atoms with Crippen LogP contribution in [0.3, 0.4) is 0 Å². The van der Waals surface area contributed by atoms with Crippen molar-refractivity contribution in [3.8, 4) is 28.4 Å². The summed E-state index contributed by atoms with van der Waals surface area (Å²) >= 11 is 1.40. The monoisotopic (exact) mass is 577 g/mol. The molecule has 14 heteroatoms. The van der Waals surface area contributed by atoms with Crippen LogP contribution in [-0.4, -0.2) is 82.7 Å². The number of carbonyl (C=O) groups excluding carboxylic acids is 1. The number of carbonyl (C=O) groups is 1. The lowest BCUT2D eigenvalue weighted by Gasteiger charge is -2.42. The number of methoxy groups -OCH3 is 1. The number of aliphatic hydroxyl groups is 6. The Bertz CT molecular complexity index is 1430. The predicted molar refractivity (Wildman–Crippen MR) is 142 cm³/mol. The number of nitrogens with zero attached hydrogens (tertiary/aromatic N) is 3. The molecule has 0 aliphatic carbocycles. The fourth-order valence-electron chi connectivity index (χ4n) is 4.49. The first-order valence-corrected chi connectivity index (χ1v) is 12.9. The maximum Gasteiger partial charge on any atom is 0.405 e. The van der Waals surface area contributed by atoms with Crippen LogP contribution in [0.25, 0.3) is 23.0 Å². The summed E-state index contributed by atoms with van der Waals surface area (Å²) in [5.74, 6) is -0.0920. The normalized spacial score (nSPS) is 13.3. The second-order valence-electron chi connectivity index (χ2n) is 10.1. The highest BCUT2D eigenvalue weighted by Gasteiger charge is 2.48. The molecule has 3 aromatic rings. The summed E-state index contributed by atoms with van der Waals surface area (Å²) in [6.45, 7) is 5.37. The number of aromatic nitrogens is 2. The van der Waals surface area contributed by atoms with Crippen molar-refractivity contribution in [3.63, 3.8) is 0 Å². The van der Waals surface area contributed by atoms with Crippen LogP contribution in [-0.2, 0) is 11.3 Å². The highest BCUT2D eigenvalue weighted by molar-refractivity contribution is 7.08. The zero-order valence-electron chi connectivity index (χ0n) is 22.4. The van der Waals surface area contributed by atoms with E-state index in [1.165, 1.54) is 29.9 Å². The van der Waals surface area contributed by atoms with Gasteiger partial charge in [-0.2, -0.15) is 16.4 Å². The molecule has 0 fully saturated rings. The van der Waals surface area contributed by atoms with E-state index in [1.807, 2.05) is 36.7 Å². The van der Waals surface area contributed by atoms with Gasteiger partial charge in [0.2, 0.25) is 0 Å². The third kappa shape index (κ3) is 5.89. The molecule has 0 radical (unpaired) electrons. The van der Waals surface area contributed by atoms with E-state index in [2.05, 4.69) is 9.84 Å². The topological polar surface area (TPSA) is 187 Å². The summed E-state index contributed by atoms with van der Waals surface area (Å²) in [5.41, 5.74) is 1.68. The molecular formula is C26H31N3O10S. The Morgan fingerprint density at radius 1 is 1.20 bits per heavy atom. The van der Waals surface area contributed by atoms with Gasteiger partial charge in [-0.25, -0.2) is 4.68 Å². The molecule has 1 amide bonds. The number of hydrogen-bond donors (Lipinski definition) is 6. The molecule has 13 nitrogen and oxygen atoms in total. The van der Waals surface area contributed by atoms with Gasteiger partial charge in [-0.05, 0) is 45.2 Å². The summed E-state index contributed by atoms with van der Waals surface area (Å²) in [5, 5.41) is 66.2. The molecule has 0 bridgehead atoms. The number of amides is 1. The molecule has 0 unspecified atom stereocenters. The lowest BCUT2D eigenvalue weighted by atomic mass is 9.97. The molecule has 4 rings (SSSR count). The first kappa shape index (κ1) is 29.6. The van der Waals surface area contributed by atoms with Gasteiger partial charge in [0.15, 0.2) is 5.69 Å². The van der Waals surface area contributed by atoms with Crippen LogP contribution in [0.5, 0.6) is 11.5 Å². The molecule has 2 aromatic heterocycles. The second kappa shape index (κ2) is 10.6. The lowest BCUT2D eigenvalue weighted by Crippen LogP contribution is -2.63. The molecule has 0 saturated carbocycles. The third-order valence-electron chi connectivity index (χ3n) is 6.07. The SMILES string of the molecule is COc1cc2c(cc1C=C(C)C)-c1c(c(C(=O)N(C(O)(O)O)C(C)(C)COC(O)(O)O)nn1-c1ccsc1)CO2. The maximum atomic E-state index is 13.9. The lowest BCUT2D eigenvalue weighted by molar-refractivity contribution is -0.463. The quantitative estimate of drug-likeness (QED) is 0.202. The smallest absolute Gasteiger partial charge is 0.405 e. The number of fused-ring (bicyclic) bond motifs is 3. The number of allylic oxidation sites excluding steroid dienone is 1. The van der Waals surface area contributed by atoms with Crippen molar-refractivity contribution in [2.75, 3.05) is 13.7 Å². The van der Waals surface area contributed by atoms with Crippen molar-refractivity contribution in [1.82, 2.24) is 14.7 Å². The predicted octanol–water partition coefficient (Wildman–Crippen LogP) is 1.34. The van der Waals surface area contributed by atoms with Crippen LogP contribution in [0.4, 0.5) is 0 Å². The maximum absolute atomic E-state index is 13.9. The Balaban J connectivity index is 1.92. The van der Waals surface area contributed by atoms with E-state index in [4.69, 9.17) is 24.8 Å². The first-order chi connectivity index (χ1) is 18.5. The van der Waals surface area contributed by atoms with Crippen molar-refractivity contribution < 1.29 is 49.6 Å². The van der Waals surface area contributed by atoms with Gasteiger partial charge in [0.05, 0.1) is 30.6 Å². The molecule has 1 aromatic carbocycles. The molecule has 216 valence electrons. The summed E-state index contributed by atoms with van der Waals surface area (Å²) in [6.07, 6.45) is -5.38. The van der Waals surface area contributed by atoms with E-state index in [1.54, 1.807) is 19.2 Å². The van der Waals surface area contributed by atoms with Gasteiger partial charge >= 0.3 is 12.3 Å². The molecule has 0 saturated heterocycles. The number of hydrogen-bond acceptors (Lipinski definition) is 12. The zero-order chi connectivity index (χ0) is 29.6. The standard InChI is InChI=1S/C26H31N3O10S/c1-14(2)8-15-9-17-20(10-19(15)37-5)38-11-18-21(27-28(22(17)18)16-6-7-40-12-16)23(30)29(25(31,32)33)24(3,4)13-39-26(34,35)36/h6-10,12,31-36H,11,13H2,1-5H3. The fourth-order valence-corrected chi connectivity index (χ4v) is 5.11. The summed E-state index contributed by atoms with van der Waals surface area (Å²) in [7, 11) is 1.55. The van der Waals surface area contributed by atoms with Crippen molar-refractivity contribution in [3.05, 3.63) is 51.4 Å². The van der Waals surface area contributed by atoms with Crippen LogP contribution in [0, 0.1) is 0 Å². The van der Waals surface area contributed by atoms with Crippen molar-refractivity contribution in [2.24, 2.45) is 0 Å². The van der Waals surface area contributed by atoms with Gasteiger partial charge in [-0.1, -0.05) is 11.6 Å². The summed E-state index contributed by atoms with van der Waals surface area (Å²) in [6, 6.07) is 5.36. The van der Waals surface area contributed by atoms with E-state index in [0.29, 0.717) is 34.0 Å². The van der Waals surface area contributed by atoms with Gasteiger partial charge in [0, 0.05) is 28.1 Å². The molecule has 40 heavy (non-hydrogen) atoms. The Morgan fingerprint density at radius 2 is 1.90 bits per heavy atom. The minimum absolute atomic E-state index is 0.133. The Hall–Kier alpha value is -3.34. The van der Waals surface area contributed by atoms with Gasteiger partial charge < -0.3 is 44.8 Å². The minimum Gasteiger partial charge on any atom is -0.496 e. The number of ether oxygens (including phenoxy) is 3. The number of benzene rings is 1. The number of thiophene rings is 1.